The maximum Gasteiger partial charge on any atom is 0.195 e. The fraction of sp³-hybridized carbons (Fsp3) is 0.111. The fourth-order valence-corrected chi connectivity index (χ4v) is 3.47. The van der Waals surface area contributed by atoms with Crippen LogP contribution in [0.25, 0.3) is 12.3 Å². The Morgan fingerprint density at radius 2 is 1.77 bits per heavy atom. The van der Waals surface area contributed by atoms with Gasteiger partial charge >= 0.3 is 0 Å². The Labute approximate surface area is 133 Å². The van der Waals surface area contributed by atoms with Crippen LogP contribution in [0.5, 0.6) is 0 Å². The first-order chi connectivity index (χ1) is 10.9. The predicted octanol–water partition coefficient (Wildman–Crippen LogP) is 4.10. The number of nitrogens with zero attached hydrogens (tertiary/aromatic N) is 3. The summed E-state index contributed by atoms with van der Waals surface area (Å²) in [6.07, 6.45) is 5.04. The molecule has 0 atom stereocenters. The summed E-state index contributed by atoms with van der Waals surface area (Å²) in [6, 6.07) is 18.9. The van der Waals surface area contributed by atoms with Crippen LogP contribution in [0.2, 0.25) is 0 Å². The maximum absolute atomic E-state index is 4.37. The molecule has 1 aliphatic heterocycles. The highest BCUT2D eigenvalue weighted by atomic mass is 32.2. The second kappa shape index (κ2) is 5.81. The third-order valence-electron chi connectivity index (χ3n) is 3.75. The minimum Gasteiger partial charge on any atom is -0.281 e. The quantitative estimate of drug-likeness (QED) is 0.534. The Bertz CT molecular complexity index is 821. The minimum atomic E-state index is 0.821. The van der Waals surface area contributed by atoms with Crippen LogP contribution in [0.3, 0.4) is 0 Å². The summed E-state index contributed by atoms with van der Waals surface area (Å²) < 4.78 is 2.10. The average molecular weight is 305 g/mol. The predicted molar refractivity (Wildman–Crippen MR) is 90.5 cm³/mol. The molecule has 2 aromatic carbocycles. The van der Waals surface area contributed by atoms with Crippen molar-refractivity contribution in [2.75, 3.05) is 0 Å². The largest absolute Gasteiger partial charge is 0.281 e. The lowest BCUT2D eigenvalue weighted by atomic mass is 10.1. The summed E-state index contributed by atoms with van der Waals surface area (Å²) in [7, 11) is 0. The van der Waals surface area contributed by atoms with Gasteiger partial charge in [0, 0.05) is 18.4 Å². The molecule has 4 heteroatoms. The molecule has 0 radical (unpaired) electrons. The van der Waals surface area contributed by atoms with Crippen LogP contribution in [-0.2, 0) is 12.2 Å². The molecule has 0 unspecified atom stereocenters. The Morgan fingerprint density at radius 1 is 0.955 bits per heavy atom. The Morgan fingerprint density at radius 3 is 2.68 bits per heavy atom. The van der Waals surface area contributed by atoms with Gasteiger partial charge in [0.1, 0.15) is 5.82 Å². The molecule has 2 heterocycles. The van der Waals surface area contributed by atoms with E-state index in [2.05, 4.69) is 75.6 Å². The van der Waals surface area contributed by atoms with Gasteiger partial charge in [0.15, 0.2) is 5.16 Å². The van der Waals surface area contributed by atoms with E-state index in [1.165, 1.54) is 16.7 Å². The van der Waals surface area contributed by atoms with E-state index in [1.807, 2.05) is 6.07 Å². The normalized spacial score (nSPS) is 12.5. The highest BCUT2D eigenvalue weighted by molar-refractivity contribution is 7.98. The van der Waals surface area contributed by atoms with Gasteiger partial charge < -0.3 is 0 Å². The van der Waals surface area contributed by atoms with Crippen LogP contribution in [0, 0.1) is 0 Å². The molecule has 22 heavy (non-hydrogen) atoms. The molecule has 3 aromatic rings. The van der Waals surface area contributed by atoms with Crippen molar-refractivity contribution < 1.29 is 0 Å². The second-order valence-corrected chi connectivity index (χ2v) is 6.18. The van der Waals surface area contributed by atoms with Gasteiger partial charge in [0.2, 0.25) is 0 Å². The summed E-state index contributed by atoms with van der Waals surface area (Å²) in [5.74, 6) is 1.90. The zero-order chi connectivity index (χ0) is 14.8. The lowest BCUT2D eigenvalue weighted by Gasteiger charge is -2.03. The van der Waals surface area contributed by atoms with E-state index < -0.39 is 0 Å². The first kappa shape index (κ1) is 13.3. The summed E-state index contributed by atoms with van der Waals surface area (Å²) in [6.45, 7) is 0. The lowest BCUT2D eigenvalue weighted by Crippen LogP contribution is -1.97. The molecule has 0 amide bonds. The van der Waals surface area contributed by atoms with E-state index in [0.29, 0.717) is 0 Å². The van der Waals surface area contributed by atoms with Gasteiger partial charge in [-0.15, -0.1) is 10.2 Å². The van der Waals surface area contributed by atoms with Crippen molar-refractivity contribution in [3.05, 3.63) is 77.1 Å². The molecule has 0 bridgehead atoms. The van der Waals surface area contributed by atoms with Crippen molar-refractivity contribution in [2.45, 2.75) is 17.3 Å². The van der Waals surface area contributed by atoms with E-state index in [-0.39, 0.29) is 0 Å². The van der Waals surface area contributed by atoms with Crippen LogP contribution in [-0.4, -0.2) is 14.8 Å². The summed E-state index contributed by atoms with van der Waals surface area (Å²) >= 11 is 1.72. The highest BCUT2D eigenvalue weighted by Gasteiger charge is 2.15. The smallest absolute Gasteiger partial charge is 0.195 e. The third-order valence-corrected chi connectivity index (χ3v) is 4.77. The fourth-order valence-electron chi connectivity index (χ4n) is 2.58. The Balaban J connectivity index is 1.60. The van der Waals surface area contributed by atoms with Crippen LogP contribution in [0.4, 0.5) is 0 Å². The SMILES string of the molecule is C1=Cn2c(nnc2SCc2ccccc2)Cc2ccccc21. The maximum atomic E-state index is 4.37. The minimum absolute atomic E-state index is 0.821. The van der Waals surface area contributed by atoms with Crippen molar-refractivity contribution >= 4 is 24.0 Å². The van der Waals surface area contributed by atoms with Gasteiger partial charge in [0.05, 0.1) is 0 Å². The molecular formula is C18H15N3S. The van der Waals surface area contributed by atoms with Gasteiger partial charge in [-0.3, -0.25) is 4.57 Å². The number of fused-ring (bicyclic) bond motifs is 2. The molecule has 1 aliphatic rings. The zero-order valence-electron chi connectivity index (χ0n) is 12.0. The zero-order valence-corrected chi connectivity index (χ0v) is 12.8. The average Bonchev–Trinajstić information content (AvgIpc) is 2.85. The van der Waals surface area contributed by atoms with Gasteiger partial charge in [-0.05, 0) is 22.8 Å². The molecule has 0 fully saturated rings. The van der Waals surface area contributed by atoms with E-state index in [0.717, 1.165) is 23.2 Å². The van der Waals surface area contributed by atoms with Crippen molar-refractivity contribution in [2.24, 2.45) is 0 Å². The van der Waals surface area contributed by atoms with Gasteiger partial charge in [0.25, 0.3) is 0 Å². The van der Waals surface area contributed by atoms with Crippen molar-refractivity contribution in [3.8, 4) is 0 Å². The first-order valence-corrected chi connectivity index (χ1v) is 8.25. The van der Waals surface area contributed by atoms with Crippen LogP contribution < -0.4 is 0 Å². The molecule has 0 saturated carbocycles. The van der Waals surface area contributed by atoms with Gasteiger partial charge in [-0.1, -0.05) is 66.4 Å². The molecule has 4 rings (SSSR count). The number of aromatic nitrogens is 3. The molecule has 0 saturated heterocycles. The van der Waals surface area contributed by atoms with E-state index in [9.17, 15) is 0 Å². The topological polar surface area (TPSA) is 30.7 Å². The highest BCUT2D eigenvalue weighted by Crippen LogP contribution is 2.26. The van der Waals surface area contributed by atoms with Crippen LogP contribution >= 0.6 is 11.8 Å². The molecule has 108 valence electrons. The summed E-state index contributed by atoms with van der Waals surface area (Å²) in [4.78, 5) is 0. The first-order valence-electron chi connectivity index (χ1n) is 7.27. The van der Waals surface area contributed by atoms with Crippen molar-refractivity contribution in [1.82, 2.24) is 14.8 Å². The molecular weight excluding hydrogens is 290 g/mol. The van der Waals surface area contributed by atoms with E-state index in [1.54, 1.807) is 11.8 Å². The summed E-state index contributed by atoms with van der Waals surface area (Å²) in [5.41, 5.74) is 3.85. The molecule has 0 N–H and O–H groups in total. The molecule has 3 nitrogen and oxygen atoms in total. The number of benzene rings is 2. The van der Waals surface area contributed by atoms with Gasteiger partial charge in [-0.2, -0.15) is 0 Å². The Kier molecular flexibility index (Phi) is 3.52. The number of thioether (sulfide) groups is 1. The summed E-state index contributed by atoms with van der Waals surface area (Å²) in [5, 5.41) is 9.67. The Hall–Kier alpha value is -2.33. The van der Waals surface area contributed by atoms with Crippen molar-refractivity contribution in [1.29, 1.82) is 0 Å². The number of hydrogen-bond acceptors (Lipinski definition) is 3. The molecule has 1 aromatic heterocycles. The lowest BCUT2D eigenvalue weighted by molar-refractivity contribution is 0.899. The monoisotopic (exact) mass is 305 g/mol. The number of hydrogen-bond donors (Lipinski definition) is 0. The van der Waals surface area contributed by atoms with E-state index >= 15 is 0 Å². The van der Waals surface area contributed by atoms with Crippen LogP contribution in [0.15, 0.2) is 59.8 Å². The van der Waals surface area contributed by atoms with Crippen LogP contribution in [0.1, 0.15) is 22.5 Å². The molecule has 0 aliphatic carbocycles. The molecule has 0 spiro atoms. The third kappa shape index (κ3) is 2.57. The van der Waals surface area contributed by atoms with E-state index in [4.69, 9.17) is 0 Å². The number of rotatable bonds is 3. The second-order valence-electron chi connectivity index (χ2n) is 5.23. The van der Waals surface area contributed by atoms with Gasteiger partial charge in [-0.25, -0.2) is 0 Å². The van der Waals surface area contributed by atoms with Crippen molar-refractivity contribution in [3.63, 3.8) is 0 Å². The standard InChI is InChI=1S/C18H15N3S/c1-2-6-14(7-3-1)13-22-18-20-19-17-12-16-9-5-4-8-15(16)10-11-21(17)18/h1-11H,12-13H2.